The van der Waals surface area contributed by atoms with Crippen molar-refractivity contribution < 1.29 is 28.2 Å². The fraction of sp³-hybridized carbons (Fsp3) is 0.273. The molecule has 2 aromatic heterocycles. The first-order valence-corrected chi connectivity index (χ1v) is 10.2. The second-order valence-electron chi connectivity index (χ2n) is 7.62. The predicted octanol–water partition coefficient (Wildman–Crippen LogP) is 2.39. The number of aromatic nitrogens is 3. The third-order valence-corrected chi connectivity index (χ3v) is 5.41. The maximum absolute atomic E-state index is 14.9. The highest BCUT2D eigenvalue weighted by molar-refractivity contribution is 5.96. The number of alkyl halides is 1. The Kier molecular flexibility index (Phi) is 6.48. The van der Waals surface area contributed by atoms with Crippen LogP contribution in [0.5, 0.6) is 11.5 Å². The van der Waals surface area contributed by atoms with Gasteiger partial charge in [0.25, 0.3) is 5.91 Å². The smallest absolute Gasteiger partial charge is 0.252 e. The molecule has 0 radical (unpaired) electrons. The minimum Gasteiger partial charge on any atom is -0.485 e. The van der Waals surface area contributed by atoms with Crippen molar-refractivity contribution in [1.82, 2.24) is 20.1 Å². The van der Waals surface area contributed by atoms with E-state index in [4.69, 9.17) is 10.5 Å². The molecule has 3 heterocycles. The third-order valence-electron chi connectivity index (χ3n) is 5.41. The number of primary amides is 1. The molecule has 3 N–H and O–H groups in total. The third kappa shape index (κ3) is 5.08. The lowest BCUT2D eigenvalue weighted by Gasteiger charge is -2.35. The molecule has 172 valence electrons. The standard InChI is InChI=1S/C22H21F2N5O4/c23-17-12-29(21(30)7-13-1-3-15(33-24)4-2-13)6-5-19(17)32-20-11-26-18(8-16(20)22(25)31)14-9-27-28-10-14/h1-4,8-11,17,19H,5-7,12H2,(H2,25,31)(H,27,28)/t17-,19+/m1/s1. The van der Waals surface area contributed by atoms with Crippen LogP contribution in [0, 0.1) is 0 Å². The lowest BCUT2D eigenvalue weighted by molar-refractivity contribution is -0.134. The zero-order chi connectivity index (χ0) is 23.4. The van der Waals surface area contributed by atoms with Gasteiger partial charge in [-0.15, -0.1) is 0 Å². The van der Waals surface area contributed by atoms with Crippen LogP contribution in [0.15, 0.2) is 48.9 Å². The van der Waals surface area contributed by atoms with Crippen LogP contribution >= 0.6 is 0 Å². The Hall–Kier alpha value is -4.02. The van der Waals surface area contributed by atoms with E-state index < -0.39 is 18.2 Å². The van der Waals surface area contributed by atoms with Crippen molar-refractivity contribution in [1.29, 1.82) is 0 Å². The van der Waals surface area contributed by atoms with Crippen molar-refractivity contribution in [2.24, 2.45) is 5.73 Å². The van der Waals surface area contributed by atoms with Crippen molar-refractivity contribution in [3.8, 4) is 22.8 Å². The number of pyridine rings is 1. The molecule has 1 fully saturated rings. The Balaban J connectivity index is 1.39. The van der Waals surface area contributed by atoms with Crippen molar-refractivity contribution in [2.75, 3.05) is 13.1 Å². The second kappa shape index (κ2) is 9.63. The lowest BCUT2D eigenvalue weighted by atomic mass is 10.0. The van der Waals surface area contributed by atoms with Crippen molar-refractivity contribution >= 4 is 11.8 Å². The molecule has 1 aliphatic rings. The molecule has 0 unspecified atom stereocenters. The van der Waals surface area contributed by atoms with Gasteiger partial charge in [0.15, 0.2) is 17.7 Å². The molecule has 0 aliphatic carbocycles. The molecule has 0 saturated carbocycles. The van der Waals surface area contributed by atoms with E-state index in [9.17, 15) is 18.5 Å². The number of amides is 2. The first-order chi connectivity index (χ1) is 15.9. The highest BCUT2D eigenvalue weighted by atomic mass is 19.3. The highest BCUT2D eigenvalue weighted by Crippen LogP contribution is 2.27. The Labute approximate surface area is 187 Å². The van der Waals surface area contributed by atoms with Gasteiger partial charge in [-0.2, -0.15) is 5.10 Å². The molecule has 11 heteroatoms. The summed E-state index contributed by atoms with van der Waals surface area (Å²) in [7, 11) is 0. The van der Waals surface area contributed by atoms with Crippen molar-refractivity contribution in [3.63, 3.8) is 0 Å². The van der Waals surface area contributed by atoms with Crippen LogP contribution in [0.4, 0.5) is 8.92 Å². The minimum absolute atomic E-state index is 0.0376. The van der Waals surface area contributed by atoms with E-state index in [2.05, 4.69) is 20.1 Å². The molecule has 9 nitrogen and oxygen atoms in total. The van der Waals surface area contributed by atoms with Gasteiger partial charge in [0, 0.05) is 29.3 Å². The van der Waals surface area contributed by atoms with Crippen LogP contribution in [-0.2, 0) is 11.2 Å². The van der Waals surface area contributed by atoms with Crippen molar-refractivity contribution in [2.45, 2.75) is 25.1 Å². The summed E-state index contributed by atoms with van der Waals surface area (Å²) in [6, 6.07) is 7.42. The lowest BCUT2D eigenvalue weighted by Crippen LogP contribution is -2.49. The summed E-state index contributed by atoms with van der Waals surface area (Å²) in [6.07, 6.45) is 2.42. The number of carbonyl (C=O) groups excluding carboxylic acids is 2. The van der Waals surface area contributed by atoms with Gasteiger partial charge >= 0.3 is 0 Å². The summed E-state index contributed by atoms with van der Waals surface area (Å²) in [5, 5.41) is 6.50. The molecular formula is C22H21F2N5O4. The monoisotopic (exact) mass is 457 g/mol. The number of nitrogens with zero attached hydrogens (tertiary/aromatic N) is 3. The van der Waals surface area contributed by atoms with Crippen LogP contribution in [0.1, 0.15) is 22.3 Å². The van der Waals surface area contributed by atoms with Crippen LogP contribution < -0.4 is 15.4 Å². The van der Waals surface area contributed by atoms with Gasteiger partial charge in [-0.05, 0) is 23.8 Å². The molecule has 4 rings (SSSR count). The highest BCUT2D eigenvalue weighted by Gasteiger charge is 2.33. The van der Waals surface area contributed by atoms with Crippen molar-refractivity contribution in [3.05, 3.63) is 60.0 Å². The Morgan fingerprint density at radius 2 is 2.03 bits per heavy atom. The molecule has 1 saturated heterocycles. The number of piperidine rings is 1. The molecule has 1 aromatic carbocycles. The summed E-state index contributed by atoms with van der Waals surface area (Å²) < 4.78 is 32.8. The van der Waals surface area contributed by atoms with E-state index in [0.717, 1.165) is 0 Å². The van der Waals surface area contributed by atoms with Crippen LogP contribution in [0.3, 0.4) is 0 Å². The number of hydrogen-bond donors (Lipinski definition) is 2. The average Bonchev–Trinajstić information content (AvgIpc) is 3.36. The van der Waals surface area contributed by atoms with Gasteiger partial charge in [0.2, 0.25) is 5.91 Å². The number of rotatable bonds is 7. The predicted molar refractivity (Wildman–Crippen MR) is 113 cm³/mol. The number of likely N-dealkylation sites (tertiary alicyclic amines) is 1. The van der Waals surface area contributed by atoms with Gasteiger partial charge < -0.3 is 15.4 Å². The Morgan fingerprint density at radius 3 is 2.67 bits per heavy atom. The molecule has 33 heavy (non-hydrogen) atoms. The molecule has 0 spiro atoms. The quantitative estimate of drug-likeness (QED) is 0.562. The fourth-order valence-corrected chi connectivity index (χ4v) is 3.63. The average molecular weight is 457 g/mol. The number of benzene rings is 1. The van der Waals surface area contributed by atoms with Crippen LogP contribution in [0.2, 0.25) is 0 Å². The number of ether oxygens (including phenoxy) is 1. The van der Waals surface area contributed by atoms with Gasteiger partial charge in [-0.1, -0.05) is 12.1 Å². The number of halogens is 2. The van der Waals surface area contributed by atoms with Gasteiger partial charge in [0.05, 0.1) is 36.6 Å². The molecular weight excluding hydrogens is 436 g/mol. The zero-order valence-corrected chi connectivity index (χ0v) is 17.4. The van der Waals surface area contributed by atoms with Gasteiger partial charge in [0.1, 0.15) is 6.10 Å². The number of nitrogens with two attached hydrogens (primary N) is 1. The molecule has 3 aromatic rings. The van der Waals surface area contributed by atoms with E-state index in [1.54, 1.807) is 24.5 Å². The second-order valence-corrected chi connectivity index (χ2v) is 7.62. The van der Waals surface area contributed by atoms with Gasteiger partial charge in [-0.25, -0.2) is 4.39 Å². The number of aromatic amines is 1. The number of hydrogen-bond acceptors (Lipinski definition) is 6. The molecule has 0 bridgehead atoms. The summed E-state index contributed by atoms with van der Waals surface area (Å²) in [5.41, 5.74) is 7.34. The van der Waals surface area contributed by atoms with E-state index in [1.807, 2.05) is 0 Å². The van der Waals surface area contributed by atoms with Gasteiger partial charge in [-0.3, -0.25) is 24.6 Å². The summed E-state index contributed by atoms with van der Waals surface area (Å²) in [6.45, 7) is 0.129. The summed E-state index contributed by atoms with van der Waals surface area (Å²) in [4.78, 5) is 33.8. The zero-order valence-electron chi connectivity index (χ0n) is 17.4. The van der Waals surface area contributed by atoms with Crippen LogP contribution in [-0.4, -0.2) is 57.3 Å². The topological polar surface area (TPSA) is 123 Å². The van der Waals surface area contributed by atoms with E-state index in [0.29, 0.717) is 16.8 Å². The van der Waals surface area contributed by atoms with E-state index >= 15 is 0 Å². The number of carbonyl (C=O) groups is 2. The first kappa shape index (κ1) is 22.2. The molecule has 2 atom stereocenters. The maximum Gasteiger partial charge on any atom is 0.252 e. The molecule has 2 amide bonds. The number of nitrogens with one attached hydrogen (secondary N) is 1. The van der Waals surface area contributed by atoms with E-state index in [-0.39, 0.29) is 48.9 Å². The summed E-state index contributed by atoms with van der Waals surface area (Å²) in [5.74, 6) is -0.869. The fourth-order valence-electron chi connectivity index (χ4n) is 3.63. The first-order valence-electron chi connectivity index (χ1n) is 10.2. The normalized spacial score (nSPS) is 18.1. The summed E-state index contributed by atoms with van der Waals surface area (Å²) >= 11 is 0. The SMILES string of the molecule is NC(=O)c1cc(-c2cn[nH]c2)ncc1O[C@H]1CCN(C(=O)Cc2ccc(OF)cc2)C[C@H]1F. The minimum atomic E-state index is -1.47. The molecule has 1 aliphatic heterocycles. The van der Waals surface area contributed by atoms with E-state index in [1.165, 1.54) is 29.3 Å². The maximum atomic E-state index is 14.9. The Morgan fingerprint density at radius 1 is 1.24 bits per heavy atom. The largest absolute Gasteiger partial charge is 0.485 e. The number of H-pyrrole nitrogens is 1. The van der Waals surface area contributed by atoms with Crippen LogP contribution in [0.25, 0.3) is 11.3 Å². The Bertz CT molecular complexity index is 1120.